The molecule has 1 fully saturated rings. The van der Waals surface area contributed by atoms with Crippen LogP contribution in [0.25, 0.3) is 10.9 Å². The quantitative estimate of drug-likeness (QED) is 0.733. The van der Waals surface area contributed by atoms with Crippen molar-refractivity contribution in [3.8, 4) is 11.5 Å². The molecule has 0 saturated carbocycles. The molecule has 28 heavy (non-hydrogen) atoms. The van der Waals surface area contributed by atoms with E-state index in [0.29, 0.717) is 24.7 Å². The average Bonchev–Trinajstić information content (AvgIpc) is 2.73. The van der Waals surface area contributed by atoms with Gasteiger partial charge in [0.2, 0.25) is 0 Å². The first-order valence-corrected chi connectivity index (χ1v) is 9.63. The van der Waals surface area contributed by atoms with Gasteiger partial charge in [0, 0.05) is 30.5 Å². The Morgan fingerprint density at radius 3 is 2.68 bits per heavy atom. The van der Waals surface area contributed by atoms with E-state index >= 15 is 0 Å². The van der Waals surface area contributed by atoms with E-state index in [9.17, 15) is 5.11 Å². The molecule has 0 radical (unpaired) electrons. The number of hydrogen-bond donors (Lipinski definition) is 1. The fourth-order valence-electron chi connectivity index (χ4n) is 3.94. The minimum atomic E-state index is -0.409. The first-order valence-electron chi connectivity index (χ1n) is 9.63. The maximum absolute atomic E-state index is 10.5. The van der Waals surface area contributed by atoms with Crippen LogP contribution in [-0.2, 0) is 0 Å². The van der Waals surface area contributed by atoms with Gasteiger partial charge in [-0.2, -0.15) is 0 Å². The highest BCUT2D eigenvalue weighted by Crippen LogP contribution is 2.37. The van der Waals surface area contributed by atoms with Crippen LogP contribution in [0.2, 0.25) is 0 Å². The molecule has 0 aliphatic carbocycles. The standard InChI is InChI=1S/C22H25N3O3/c1-3-28-21-10-18-19(11-20(21)27-2)23-14-24-22(18)25-12-16(9-17(26)13-25)15-7-5-4-6-8-15/h4-8,10-11,14,16-17,26H,3,9,12-13H2,1-2H3. The third-order valence-electron chi connectivity index (χ3n) is 5.20. The van der Waals surface area contributed by atoms with Crippen LogP contribution >= 0.6 is 0 Å². The van der Waals surface area contributed by atoms with Gasteiger partial charge in [0.25, 0.3) is 0 Å². The third-order valence-corrected chi connectivity index (χ3v) is 5.20. The zero-order valence-corrected chi connectivity index (χ0v) is 16.2. The highest BCUT2D eigenvalue weighted by atomic mass is 16.5. The summed E-state index contributed by atoms with van der Waals surface area (Å²) in [6.07, 6.45) is 1.91. The zero-order valence-electron chi connectivity index (χ0n) is 16.2. The summed E-state index contributed by atoms with van der Waals surface area (Å²) in [6.45, 7) is 3.83. The Labute approximate surface area is 164 Å². The number of aliphatic hydroxyl groups excluding tert-OH is 1. The Kier molecular flexibility index (Phi) is 5.30. The zero-order chi connectivity index (χ0) is 19.5. The fraction of sp³-hybridized carbons (Fsp3) is 0.364. The summed E-state index contributed by atoms with van der Waals surface area (Å²) >= 11 is 0. The van der Waals surface area contributed by atoms with Crippen LogP contribution in [0.4, 0.5) is 5.82 Å². The molecule has 1 N–H and O–H groups in total. The van der Waals surface area contributed by atoms with Gasteiger partial charge in [0.1, 0.15) is 12.1 Å². The van der Waals surface area contributed by atoms with E-state index in [1.54, 1.807) is 13.4 Å². The first kappa shape index (κ1) is 18.5. The molecule has 0 bridgehead atoms. The Bertz CT molecular complexity index is 948. The SMILES string of the molecule is CCOc1cc2c(N3CC(O)CC(c4ccccc4)C3)ncnc2cc1OC. The number of β-amino-alcohol motifs (C(OH)–C–C–N with tert-alkyl or cyclic N) is 1. The molecule has 0 spiro atoms. The number of benzene rings is 2. The smallest absolute Gasteiger partial charge is 0.162 e. The fourth-order valence-corrected chi connectivity index (χ4v) is 3.94. The van der Waals surface area contributed by atoms with Crippen molar-refractivity contribution in [3.05, 3.63) is 54.4 Å². The van der Waals surface area contributed by atoms with Gasteiger partial charge >= 0.3 is 0 Å². The monoisotopic (exact) mass is 379 g/mol. The van der Waals surface area contributed by atoms with Crippen molar-refractivity contribution in [1.82, 2.24) is 9.97 Å². The number of aromatic nitrogens is 2. The molecule has 146 valence electrons. The summed E-state index contributed by atoms with van der Waals surface area (Å²) in [5.41, 5.74) is 2.03. The second-order valence-electron chi connectivity index (χ2n) is 7.05. The average molecular weight is 379 g/mol. The molecule has 0 amide bonds. The van der Waals surface area contributed by atoms with Crippen LogP contribution in [0.1, 0.15) is 24.8 Å². The molecule has 1 aliphatic heterocycles. The van der Waals surface area contributed by atoms with Gasteiger partial charge in [-0.05, 0) is 25.0 Å². The molecule has 1 aliphatic rings. The number of ether oxygens (including phenoxy) is 2. The number of anilines is 1. The summed E-state index contributed by atoms with van der Waals surface area (Å²) < 4.78 is 11.2. The molecule has 3 aromatic rings. The summed E-state index contributed by atoms with van der Waals surface area (Å²) in [5, 5.41) is 11.4. The van der Waals surface area contributed by atoms with Crippen molar-refractivity contribution in [2.45, 2.75) is 25.4 Å². The van der Waals surface area contributed by atoms with E-state index in [2.05, 4.69) is 27.0 Å². The van der Waals surface area contributed by atoms with E-state index in [-0.39, 0.29) is 5.92 Å². The highest BCUT2D eigenvalue weighted by Gasteiger charge is 2.29. The van der Waals surface area contributed by atoms with Crippen LogP contribution in [-0.4, -0.2) is 48.0 Å². The summed E-state index contributed by atoms with van der Waals surface area (Å²) in [7, 11) is 1.62. The number of hydrogen-bond acceptors (Lipinski definition) is 6. The van der Waals surface area contributed by atoms with Crippen LogP contribution < -0.4 is 14.4 Å². The number of rotatable bonds is 5. The molecule has 2 aromatic carbocycles. The number of methoxy groups -OCH3 is 1. The Balaban J connectivity index is 1.74. The minimum absolute atomic E-state index is 0.250. The molecule has 6 nitrogen and oxygen atoms in total. The van der Waals surface area contributed by atoms with Gasteiger partial charge in [0.05, 0.1) is 25.3 Å². The van der Waals surface area contributed by atoms with E-state index in [1.807, 2.05) is 37.3 Å². The second-order valence-corrected chi connectivity index (χ2v) is 7.05. The Morgan fingerprint density at radius 1 is 1.11 bits per heavy atom. The van der Waals surface area contributed by atoms with Gasteiger partial charge in [-0.3, -0.25) is 0 Å². The van der Waals surface area contributed by atoms with Crippen molar-refractivity contribution in [1.29, 1.82) is 0 Å². The molecule has 2 unspecified atom stereocenters. The lowest BCUT2D eigenvalue weighted by Gasteiger charge is -2.37. The Morgan fingerprint density at radius 2 is 1.93 bits per heavy atom. The maximum atomic E-state index is 10.5. The lowest BCUT2D eigenvalue weighted by atomic mass is 9.89. The maximum Gasteiger partial charge on any atom is 0.162 e. The van der Waals surface area contributed by atoms with Gasteiger partial charge in [-0.25, -0.2) is 9.97 Å². The van der Waals surface area contributed by atoms with Crippen molar-refractivity contribution >= 4 is 16.7 Å². The van der Waals surface area contributed by atoms with E-state index in [0.717, 1.165) is 29.7 Å². The number of aliphatic hydroxyl groups is 1. The normalized spacial score (nSPS) is 19.6. The van der Waals surface area contributed by atoms with Crippen molar-refractivity contribution < 1.29 is 14.6 Å². The molecule has 1 aromatic heterocycles. The van der Waals surface area contributed by atoms with Crippen molar-refractivity contribution in [2.24, 2.45) is 0 Å². The van der Waals surface area contributed by atoms with Crippen LogP contribution in [0, 0.1) is 0 Å². The van der Waals surface area contributed by atoms with E-state index < -0.39 is 6.10 Å². The molecular formula is C22H25N3O3. The molecule has 1 saturated heterocycles. The number of piperidine rings is 1. The molecule has 2 atom stereocenters. The van der Waals surface area contributed by atoms with E-state index in [4.69, 9.17) is 9.47 Å². The number of fused-ring (bicyclic) bond motifs is 1. The first-order chi connectivity index (χ1) is 13.7. The lowest BCUT2D eigenvalue weighted by Crippen LogP contribution is -2.42. The highest BCUT2D eigenvalue weighted by molar-refractivity contribution is 5.92. The second kappa shape index (κ2) is 8.02. The van der Waals surface area contributed by atoms with E-state index in [1.165, 1.54) is 5.56 Å². The number of nitrogens with zero attached hydrogens (tertiary/aromatic N) is 3. The predicted octanol–water partition coefficient (Wildman–Crippen LogP) is 3.39. The van der Waals surface area contributed by atoms with Crippen LogP contribution in [0.5, 0.6) is 11.5 Å². The summed E-state index contributed by atoms with van der Waals surface area (Å²) in [4.78, 5) is 11.1. The lowest BCUT2D eigenvalue weighted by molar-refractivity contribution is 0.144. The van der Waals surface area contributed by atoms with Gasteiger partial charge in [-0.15, -0.1) is 0 Å². The van der Waals surface area contributed by atoms with Gasteiger partial charge in [0.15, 0.2) is 11.5 Å². The van der Waals surface area contributed by atoms with Gasteiger partial charge in [-0.1, -0.05) is 30.3 Å². The van der Waals surface area contributed by atoms with Crippen molar-refractivity contribution in [2.75, 3.05) is 31.7 Å². The molecule has 2 heterocycles. The van der Waals surface area contributed by atoms with Crippen LogP contribution in [0.3, 0.4) is 0 Å². The Hall–Kier alpha value is -2.86. The van der Waals surface area contributed by atoms with Crippen molar-refractivity contribution in [3.63, 3.8) is 0 Å². The molecular weight excluding hydrogens is 354 g/mol. The predicted molar refractivity (Wildman–Crippen MR) is 109 cm³/mol. The summed E-state index contributed by atoms with van der Waals surface area (Å²) in [5.74, 6) is 2.39. The van der Waals surface area contributed by atoms with Gasteiger partial charge < -0.3 is 19.5 Å². The largest absolute Gasteiger partial charge is 0.493 e. The minimum Gasteiger partial charge on any atom is -0.493 e. The summed E-state index contributed by atoms with van der Waals surface area (Å²) in [6, 6.07) is 14.2. The third kappa shape index (κ3) is 3.60. The topological polar surface area (TPSA) is 67.7 Å². The van der Waals surface area contributed by atoms with Crippen LogP contribution in [0.15, 0.2) is 48.8 Å². The molecule has 6 heteroatoms. The molecule has 4 rings (SSSR count).